The zero-order chi connectivity index (χ0) is 46.1. The van der Waals surface area contributed by atoms with Gasteiger partial charge in [-0.05, 0) is 69.1 Å². The van der Waals surface area contributed by atoms with Crippen molar-refractivity contribution < 1.29 is 28.7 Å². The van der Waals surface area contributed by atoms with Gasteiger partial charge in [0.05, 0.1) is 48.7 Å². The number of nitrogens with zero attached hydrogens (tertiary/aromatic N) is 5. The Morgan fingerprint density at radius 2 is 1.61 bits per heavy atom. The average Bonchev–Trinajstić information content (AvgIpc) is 3.97. The minimum atomic E-state index is -0.589. The number of methoxy groups -OCH3 is 2. The Balaban J connectivity index is 1.78. The second-order valence-corrected chi connectivity index (χ2v) is 19.3. The van der Waals surface area contributed by atoms with Crippen molar-refractivity contribution in [1.29, 1.82) is 0 Å². The quantitative estimate of drug-likeness (QED) is 0.0933. The summed E-state index contributed by atoms with van der Waals surface area (Å²) in [6.45, 7) is 22.8. The predicted octanol–water partition coefficient (Wildman–Crippen LogP) is 7.38. The van der Waals surface area contributed by atoms with Crippen LogP contribution in [0, 0.1) is 29.6 Å². The number of likely N-dealkylation sites (N-methyl/N-ethyl adjacent to an activating group) is 3. The molecule has 1 aromatic carbocycles. The number of thiazole rings is 1. The molecule has 1 aliphatic heterocycles. The Bertz CT molecular complexity index is 1630. The summed E-state index contributed by atoms with van der Waals surface area (Å²) in [7, 11) is 7.06. The maximum atomic E-state index is 14.7. The number of hydrogen-bond acceptors (Lipinski definition) is 10. The van der Waals surface area contributed by atoms with Gasteiger partial charge in [0.15, 0.2) is 5.78 Å². The van der Waals surface area contributed by atoms with E-state index in [4.69, 9.17) is 9.47 Å². The lowest BCUT2D eigenvalue weighted by atomic mass is 9.83. The lowest BCUT2D eigenvalue weighted by molar-refractivity contribution is -0.149. The third-order valence-electron chi connectivity index (χ3n) is 13.3. The van der Waals surface area contributed by atoms with E-state index in [-0.39, 0.29) is 72.2 Å². The van der Waals surface area contributed by atoms with Crippen LogP contribution < -0.4 is 5.32 Å². The van der Waals surface area contributed by atoms with Crippen LogP contribution in [0.4, 0.5) is 0 Å². The van der Waals surface area contributed by atoms with Crippen LogP contribution in [0.5, 0.6) is 0 Å². The van der Waals surface area contributed by atoms with Gasteiger partial charge in [0.2, 0.25) is 17.7 Å². The van der Waals surface area contributed by atoms with Gasteiger partial charge < -0.3 is 29.5 Å². The molecule has 0 spiro atoms. The molecular weight excluding hydrogens is 801 g/mol. The molecule has 2 aromatic rings. The molecule has 0 bridgehead atoms. The molecule has 2 heterocycles. The van der Waals surface area contributed by atoms with E-state index in [1.54, 1.807) is 25.3 Å². The first-order valence-electron chi connectivity index (χ1n) is 23.3. The minimum Gasteiger partial charge on any atom is -0.379 e. The van der Waals surface area contributed by atoms with Crippen LogP contribution in [0.1, 0.15) is 117 Å². The monoisotopic (exact) mass is 883 g/mol. The van der Waals surface area contributed by atoms with Crippen LogP contribution >= 0.6 is 11.3 Å². The highest BCUT2D eigenvalue weighted by Crippen LogP contribution is 2.32. The highest BCUT2D eigenvalue weighted by Gasteiger charge is 2.43. The first-order valence-corrected chi connectivity index (χ1v) is 24.2. The van der Waals surface area contributed by atoms with Crippen LogP contribution in [-0.4, -0.2) is 139 Å². The van der Waals surface area contributed by atoms with E-state index in [0.29, 0.717) is 19.4 Å². The smallest absolute Gasteiger partial charge is 0.226 e. The highest BCUT2D eigenvalue weighted by atomic mass is 32.1. The molecule has 0 aliphatic carbocycles. The molecule has 62 heavy (non-hydrogen) atoms. The van der Waals surface area contributed by atoms with E-state index in [2.05, 4.69) is 61.6 Å². The molecule has 0 radical (unpaired) electrons. The van der Waals surface area contributed by atoms with Gasteiger partial charge >= 0.3 is 0 Å². The van der Waals surface area contributed by atoms with Crippen molar-refractivity contribution in [2.24, 2.45) is 29.6 Å². The van der Waals surface area contributed by atoms with Gasteiger partial charge in [-0.3, -0.25) is 24.1 Å². The molecule has 13 heteroatoms. The van der Waals surface area contributed by atoms with E-state index in [1.165, 1.54) is 11.3 Å². The van der Waals surface area contributed by atoms with Gasteiger partial charge in [-0.1, -0.05) is 99.1 Å². The number of likely N-dealkylation sites (tertiary alicyclic amines) is 1. The number of rotatable bonds is 28. The Kier molecular flexibility index (Phi) is 22.7. The zero-order valence-corrected chi connectivity index (χ0v) is 41.3. The number of amides is 3. The zero-order valence-electron chi connectivity index (χ0n) is 40.5. The largest absolute Gasteiger partial charge is 0.379 e. The van der Waals surface area contributed by atoms with Gasteiger partial charge in [-0.2, -0.15) is 0 Å². The summed E-state index contributed by atoms with van der Waals surface area (Å²) in [5.41, 5.74) is 1.10. The molecule has 350 valence electrons. The van der Waals surface area contributed by atoms with Gasteiger partial charge in [-0.15, -0.1) is 11.3 Å². The fourth-order valence-corrected chi connectivity index (χ4v) is 10.3. The van der Waals surface area contributed by atoms with Crippen molar-refractivity contribution in [2.75, 3.05) is 61.0 Å². The highest BCUT2D eigenvalue weighted by molar-refractivity contribution is 7.09. The number of hydrogen-bond donors (Lipinski definition) is 1. The third-order valence-corrected chi connectivity index (χ3v) is 14.2. The molecule has 1 fully saturated rings. The van der Waals surface area contributed by atoms with Crippen LogP contribution in [0.25, 0.3) is 0 Å². The number of ketones is 1. The van der Waals surface area contributed by atoms with Crippen LogP contribution in [0.15, 0.2) is 41.9 Å². The molecule has 1 N–H and O–H groups in total. The topological polar surface area (TPSA) is 125 Å². The van der Waals surface area contributed by atoms with Crippen LogP contribution in [-0.2, 0) is 35.1 Å². The second kappa shape index (κ2) is 26.5. The van der Waals surface area contributed by atoms with E-state index < -0.39 is 30.1 Å². The fourth-order valence-electron chi connectivity index (χ4n) is 9.58. The molecule has 0 unspecified atom stereocenters. The first kappa shape index (κ1) is 53.1. The summed E-state index contributed by atoms with van der Waals surface area (Å²) in [6, 6.07) is 8.74. The summed E-state index contributed by atoms with van der Waals surface area (Å²) in [5.74, 6) is -1.29. The fraction of sp³-hybridized carbons (Fsp3) is 0.735. The summed E-state index contributed by atoms with van der Waals surface area (Å²) in [4.78, 5) is 70.0. The molecule has 1 saturated heterocycles. The Morgan fingerprint density at radius 1 is 0.919 bits per heavy atom. The van der Waals surface area contributed by atoms with Crippen molar-refractivity contribution in [3.63, 3.8) is 0 Å². The summed E-state index contributed by atoms with van der Waals surface area (Å²) < 4.78 is 12.2. The second-order valence-electron chi connectivity index (χ2n) is 18.3. The van der Waals surface area contributed by atoms with Gasteiger partial charge in [0.25, 0.3) is 0 Å². The summed E-state index contributed by atoms with van der Waals surface area (Å²) >= 11 is 1.51. The maximum absolute atomic E-state index is 14.7. The molecule has 0 saturated carbocycles. The normalized spacial score (nSPS) is 18.4. The molecule has 1 aliphatic rings. The maximum Gasteiger partial charge on any atom is 0.226 e. The van der Waals surface area contributed by atoms with E-state index >= 15 is 0 Å². The van der Waals surface area contributed by atoms with Crippen molar-refractivity contribution in [3.8, 4) is 0 Å². The SMILES string of the molecule is CCCN(CC)CCN(C)[C@H](C(=O)C[C@H](C(=O)N(C)[C@@H]([C@@H](C)CC)[C@@H](CC(=O)N1CCC[C@H]1[C@H](OC)[C@@H](C)C(=O)N[C@@H](Cc1ccccc1)c1nccs1)OC)C(C)C)C(C)C. The number of aromatic nitrogens is 1. The Morgan fingerprint density at radius 3 is 2.16 bits per heavy atom. The van der Waals surface area contributed by atoms with Crippen molar-refractivity contribution >= 4 is 34.8 Å². The number of ether oxygens (including phenoxy) is 2. The number of nitrogens with one attached hydrogen (secondary N) is 1. The summed E-state index contributed by atoms with van der Waals surface area (Å²) in [6.07, 6.45) is 4.81. The van der Waals surface area contributed by atoms with Crippen molar-refractivity contribution in [1.82, 2.24) is 29.9 Å². The van der Waals surface area contributed by atoms with E-state index in [9.17, 15) is 19.2 Å². The third kappa shape index (κ3) is 14.7. The number of benzene rings is 1. The summed E-state index contributed by atoms with van der Waals surface area (Å²) in [5, 5.41) is 6.00. The molecule has 3 rings (SSSR count). The van der Waals surface area contributed by atoms with Crippen LogP contribution in [0.2, 0.25) is 0 Å². The van der Waals surface area contributed by atoms with Gasteiger partial charge in [0, 0.05) is 64.8 Å². The first-order chi connectivity index (χ1) is 29.5. The molecule has 9 atom stereocenters. The molecule has 12 nitrogen and oxygen atoms in total. The predicted molar refractivity (Wildman–Crippen MR) is 251 cm³/mol. The van der Waals surface area contributed by atoms with E-state index in [0.717, 1.165) is 56.0 Å². The number of Topliss-reactive ketones (excluding diaryl/α,β-unsaturated/α-hetero) is 1. The molecule has 3 amide bonds. The van der Waals surface area contributed by atoms with E-state index in [1.807, 2.05) is 75.5 Å². The number of carbonyl (C=O) groups excluding carboxylic acids is 4. The van der Waals surface area contributed by atoms with Crippen molar-refractivity contribution in [3.05, 3.63) is 52.5 Å². The average molecular weight is 883 g/mol. The van der Waals surface area contributed by atoms with Crippen molar-refractivity contribution in [2.45, 2.75) is 144 Å². The Labute approximate surface area is 378 Å². The lowest BCUT2D eigenvalue weighted by Crippen LogP contribution is -2.54. The van der Waals surface area contributed by atoms with Gasteiger partial charge in [-0.25, -0.2) is 4.98 Å². The molecular formula is C49H82N6O6S. The molecule has 1 aromatic heterocycles. The number of carbonyl (C=O) groups is 4. The standard InChI is InChI=1S/C49H82N6O6S/c1-14-25-54(16-3)28-27-52(10)44(34(6)7)41(56)31-38(33(4)5)49(59)53(11)45(35(8)15-2)42(60-12)32-43(57)55-26-20-23-40(55)46(61-13)36(9)47(58)51-39(48-50-24-29-62-48)30-37-21-18-17-19-22-37/h17-19,21-22,24,29,33-36,38-40,42,44-46H,14-16,20,23,25-28,30-32H2,1-13H3,(H,51,58)/t35-,36+,38-,39-,40-,42+,44-,45-,46+/m0/s1. The van der Waals surface area contributed by atoms with Crippen LogP contribution in [0.3, 0.4) is 0 Å². The van der Waals surface area contributed by atoms with Gasteiger partial charge in [0.1, 0.15) is 5.01 Å². The lowest BCUT2D eigenvalue weighted by Gasteiger charge is -2.41. The Hall–Kier alpha value is -3.23. The minimum absolute atomic E-state index is 0.0101.